The molecule has 4 heterocycles. The third-order valence-corrected chi connectivity index (χ3v) is 9.52. The Balaban J connectivity index is 1.56. The molecule has 0 bridgehead atoms. The van der Waals surface area contributed by atoms with Crippen molar-refractivity contribution in [2.45, 2.75) is 10.4 Å². The van der Waals surface area contributed by atoms with Crippen LogP contribution in [0.1, 0.15) is 11.1 Å². The summed E-state index contributed by atoms with van der Waals surface area (Å²) in [5, 5.41) is 0.310. The predicted molar refractivity (Wildman–Crippen MR) is 152 cm³/mol. The largest absolute Gasteiger partial charge is 0.481 e. The number of piperazine rings is 1. The van der Waals surface area contributed by atoms with Crippen molar-refractivity contribution in [3.05, 3.63) is 107 Å². The Morgan fingerprint density at radius 2 is 1.66 bits per heavy atom. The summed E-state index contributed by atoms with van der Waals surface area (Å²) in [7, 11) is -3.24. The highest BCUT2D eigenvalue weighted by Crippen LogP contribution is 2.53. The van der Waals surface area contributed by atoms with E-state index in [1.54, 1.807) is 30.6 Å². The summed E-state index contributed by atoms with van der Waals surface area (Å²) in [6, 6.07) is 16.8. The number of carbonyl (C=O) groups is 1. The van der Waals surface area contributed by atoms with E-state index in [1.165, 1.54) is 37.6 Å². The Bertz CT molecular complexity index is 1730. The van der Waals surface area contributed by atoms with E-state index in [0.717, 1.165) is 17.8 Å². The normalized spacial score (nSPS) is 19.3. The Labute approximate surface area is 241 Å². The topological polar surface area (TPSA) is 95.9 Å². The van der Waals surface area contributed by atoms with E-state index in [9.17, 15) is 17.6 Å². The second-order valence-corrected chi connectivity index (χ2v) is 11.8. The monoisotopic (exact) mass is 593 g/mol. The SMILES string of the molecule is COc1ncccc1C1(N2CCN(c3ccncc3)CC2)C(=O)N(S(=O)(=O)c2ccccc2F)c2ccc(Cl)cc21. The number of benzene rings is 2. The number of hydrogen-bond acceptors (Lipinski definition) is 8. The molecule has 0 spiro atoms. The maximum Gasteiger partial charge on any atom is 0.273 e. The second-order valence-electron chi connectivity index (χ2n) is 9.62. The van der Waals surface area contributed by atoms with E-state index in [4.69, 9.17) is 16.3 Å². The molecule has 0 N–H and O–H groups in total. The van der Waals surface area contributed by atoms with Gasteiger partial charge in [0.25, 0.3) is 15.9 Å². The molecule has 12 heteroatoms. The zero-order valence-electron chi connectivity index (χ0n) is 21.9. The average molecular weight is 594 g/mol. The molecule has 210 valence electrons. The lowest BCUT2D eigenvalue weighted by Crippen LogP contribution is -2.60. The number of amides is 1. The van der Waals surface area contributed by atoms with Gasteiger partial charge in [-0.15, -0.1) is 0 Å². The Hall–Kier alpha value is -4.06. The lowest BCUT2D eigenvalue weighted by Gasteiger charge is -2.45. The van der Waals surface area contributed by atoms with E-state index >= 15 is 0 Å². The van der Waals surface area contributed by atoms with Gasteiger partial charge in [-0.05, 0) is 54.6 Å². The van der Waals surface area contributed by atoms with Crippen LogP contribution in [0.3, 0.4) is 0 Å². The molecule has 1 atom stereocenters. The molecular weight excluding hydrogens is 569 g/mol. The first-order chi connectivity index (χ1) is 19.8. The fraction of sp³-hybridized carbons (Fsp3) is 0.207. The first kappa shape index (κ1) is 27.1. The summed E-state index contributed by atoms with van der Waals surface area (Å²) in [6.45, 7) is 1.84. The van der Waals surface area contributed by atoms with Crippen molar-refractivity contribution in [1.29, 1.82) is 0 Å². The van der Waals surface area contributed by atoms with Crippen LogP contribution in [0.5, 0.6) is 5.88 Å². The summed E-state index contributed by atoms with van der Waals surface area (Å²) in [4.78, 5) is 26.8. The van der Waals surface area contributed by atoms with Gasteiger partial charge in [-0.3, -0.25) is 14.7 Å². The zero-order valence-corrected chi connectivity index (χ0v) is 23.5. The van der Waals surface area contributed by atoms with Crippen LogP contribution in [-0.2, 0) is 20.4 Å². The smallest absolute Gasteiger partial charge is 0.273 e. The number of fused-ring (bicyclic) bond motifs is 1. The van der Waals surface area contributed by atoms with Gasteiger partial charge in [-0.25, -0.2) is 22.1 Å². The molecule has 2 aromatic carbocycles. The van der Waals surface area contributed by atoms with Crippen molar-refractivity contribution in [2.24, 2.45) is 0 Å². The number of pyridine rings is 2. The number of sulfonamides is 1. The van der Waals surface area contributed by atoms with Crippen molar-refractivity contribution in [1.82, 2.24) is 14.9 Å². The summed E-state index contributed by atoms with van der Waals surface area (Å²) >= 11 is 6.49. The fourth-order valence-electron chi connectivity index (χ4n) is 5.76. The van der Waals surface area contributed by atoms with Crippen molar-refractivity contribution < 1.29 is 22.3 Å². The average Bonchev–Trinajstić information content (AvgIpc) is 3.26. The molecule has 6 rings (SSSR count). The minimum atomic E-state index is -4.68. The lowest BCUT2D eigenvalue weighted by atomic mass is 9.82. The van der Waals surface area contributed by atoms with E-state index in [2.05, 4.69) is 14.9 Å². The molecule has 0 saturated carbocycles. The highest BCUT2D eigenvalue weighted by molar-refractivity contribution is 7.93. The number of methoxy groups -OCH3 is 1. The molecule has 0 radical (unpaired) electrons. The number of carbonyl (C=O) groups excluding carboxylic acids is 1. The molecule has 0 aliphatic carbocycles. The summed E-state index contributed by atoms with van der Waals surface area (Å²) in [6.07, 6.45) is 4.96. The number of hydrogen-bond donors (Lipinski definition) is 0. The summed E-state index contributed by atoms with van der Waals surface area (Å²) in [5.41, 5.74) is 0.101. The lowest BCUT2D eigenvalue weighted by molar-refractivity contribution is -0.127. The van der Waals surface area contributed by atoms with Crippen molar-refractivity contribution >= 4 is 38.9 Å². The third-order valence-electron chi connectivity index (χ3n) is 7.55. The molecule has 1 saturated heterocycles. The van der Waals surface area contributed by atoms with Crippen LogP contribution in [0.2, 0.25) is 5.02 Å². The highest BCUT2D eigenvalue weighted by Gasteiger charge is 2.61. The number of rotatable bonds is 6. The summed E-state index contributed by atoms with van der Waals surface area (Å²) in [5.74, 6) is -1.59. The van der Waals surface area contributed by atoms with Gasteiger partial charge in [0.2, 0.25) is 5.88 Å². The van der Waals surface area contributed by atoms with Crippen LogP contribution in [0, 0.1) is 5.82 Å². The molecule has 1 unspecified atom stereocenters. The maximum atomic E-state index is 14.9. The van der Waals surface area contributed by atoms with Crippen molar-refractivity contribution in [2.75, 3.05) is 42.5 Å². The molecule has 2 aromatic heterocycles. The number of nitrogens with zero attached hydrogens (tertiary/aromatic N) is 5. The molecule has 1 amide bonds. The van der Waals surface area contributed by atoms with Crippen LogP contribution in [0.25, 0.3) is 0 Å². The van der Waals surface area contributed by atoms with Gasteiger partial charge >= 0.3 is 0 Å². The Morgan fingerprint density at radius 1 is 0.927 bits per heavy atom. The quantitative estimate of drug-likeness (QED) is 0.330. The molecule has 1 fully saturated rings. The third kappa shape index (κ3) is 4.23. The maximum absolute atomic E-state index is 14.9. The van der Waals surface area contributed by atoms with E-state index < -0.39 is 32.2 Å². The van der Waals surface area contributed by atoms with E-state index in [1.807, 2.05) is 17.0 Å². The van der Waals surface area contributed by atoms with Gasteiger partial charge in [-0.1, -0.05) is 23.7 Å². The van der Waals surface area contributed by atoms with Gasteiger partial charge in [0.15, 0.2) is 5.54 Å². The molecular formula is C29H25ClFN5O4S. The highest BCUT2D eigenvalue weighted by atomic mass is 35.5. The number of anilines is 2. The number of halogens is 2. The van der Waals surface area contributed by atoms with Gasteiger partial charge in [0.05, 0.1) is 12.8 Å². The molecule has 2 aliphatic heterocycles. The first-order valence-corrected chi connectivity index (χ1v) is 14.7. The molecule has 4 aromatic rings. The Morgan fingerprint density at radius 3 is 2.37 bits per heavy atom. The zero-order chi connectivity index (χ0) is 28.8. The van der Waals surface area contributed by atoms with Crippen LogP contribution in [0.15, 0.2) is 90.2 Å². The summed E-state index contributed by atoms with van der Waals surface area (Å²) < 4.78 is 49.3. The van der Waals surface area contributed by atoms with Gasteiger partial charge in [-0.2, -0.15) is 0 Å². The minimum Gasteiger partial charge on any atom is -0.481 e. The first-order valence-electron chi connectivity index (χ1n) is 12.8. The standard InChI is InChI=1S/C29H25ClFN5O4S/c1-40-27-22(5-4-12-33-27)29(35-17-15-34(16-18-35)21-10-13-32-14-11-21)23-19-20(30)8-9-25(23)36(28(29)37)41(38,39)26-7-3-2-6-24(26)31/h2-14,19H,15-18H2,1H3. The fourth-order valence-corrected chi connectivity index (χ4v) is 7.46. The minimum absolute atomic E-state index is 0.0881. The van der Waals surface area contributed by atoms with Crippen LogP contribution < -0.4 is 13.9 Å². The molecule has 2 aliphatic rings. The van der Waals surface area contributed by atoms with Gasteiger partial charge in [0, 0.05) is 66.6 Å². The number of aromatic nitrogens is 2. The predicted octanol–water partition coefficient (Wildman–Crippen LogP) is 4.08. The Kier molecular flexibility index (Phi) is 6.88. The number of ether oxygens (including phenoxy) is 1. The molecule has 9 nitrogen and oxygen atoms in total. The second kappa shape index (κ2) is 10.4. The van der Waals surface area contributed by atoms with Crippen molar-refractivity contribution in [3.8, 4) is 5.88 Å². The van der Waals surface area contributed by atoms with E-state index in [0.29, 0.717) is 46.6 Å². The van der Waals surface area contributed by atoms with Crippen LogP contribution in [-0.4, -0.2) is 62.5 Å². The van der Waals surface area contributed by atoms with Gasteiger partial charge < -0.3 is 9.64 Å². The van der Waals surface area contributed by atoms with Crippen molar-refractivity contribution in [3.63, 3.8) is 0 Å². The molecule has 41 heavy (non-hydrogen) atoms. The van der Waals surface area contributed by atoms with Crippen LogP contribution >= 0.6 is 11.6 Å². The van der Waals surface area contributed by atoms with Crippen LogP contribution in [0.4, 0.5) is 15.8 Å². The van der Waals surface area contributed by atoms with E-state index in [-0.39, 0.29) is 11.6 Å². The van der Waals surface area contributed by atoms with Gasteiger partial charge in [0.1, 0.15) is 10.7 Å².